The van der Waals surface area contributed by atoms with Crippen LogP contribution in [0, 0.1) is 0 Å². The minimum Gasteiger partial charge on any atom is -0.476 e. The first kappa shape index (κ1) is 18.3. The first-order valence-corrected chi connectivity index (χ1v) is 9.32. The van der Waals surface area contributed by atoms with Gasteiger partial charge in [-0.2, -0.15) is 10.1 Å². The van der Waals surface area contributed by atoms with Gasteiger partial charge in [-0.3, -0.25) is 14.6 Å². The Balaban J connectivity index is 1.48. The number of hydrogen-bond acceptors (Lipinski definition) is 7. The fourth-order valence-electron chi connectivity index (χ4n) is 3.75. The first-order valence-electron chi connectivity index (χ1n) is 9.32. The van der Waals surface area contributed by atoms with Crippen LogP contribution in [0.5, 0.6) is 0 Å². The maximum atomic E-state index is 11.6. The van der Waals surface area contributed by atoms with E-state index in [0.717, 1.165) is 29.7 Å². The Bertz CT molecular complexity index is 981. The van der Waals surface area contributed by atoms with E-state index in [0.29, 0.717) is 31.2 Å². The van der Waals surface area contributed by atoms with Crippen LogP contribution in [0.25, 0.3) is 11.4 Å². The molecular weight excluding hydrogens is 360 g/mol. The van der Waals surface area contributed by atoms with Crippen molar-refractivity contribution in [3.05, 3.63) is 47.4 Å². The molecule has 0 amide bonds. The van der Waals surface area contributed by atoms with E-state index < -0.39 is 5.97 Å². The molecule has 3 heterocycles. The van der Waals surface area contributed by atoms with Gasteiger partial charge in [0.1, 0.15) is 0 Å². The lowest BCUT2D eigenvalue weighted by molar-refractivity contribution is 0.0687. The van der Waals surface area contributed by atoms with E-state index in [1.807, 2.05) is 30.8 Å². The molecule has 28 heavy (non-hydrogen) atoms. The minimum atomic E-state index is -0.968. The molecule has 0 bridgehead atoms. The number of pyridine rings is 1. The van der Waals surface area contributed by atoms with Gasteiger partial charge >= 0.3 is 5.97 Å². The molecule has 1 aliphatic rings. The van der Waals surface area contributed by atoms with Crippen molar-refractivity contribution < 1.29 is 14.4 Å². The average molecular weight is 382 g/mol. The summed E-state index contributed by atoms with van der Waals surface area (Å²) < 4.78 is 7.21. The van der Waals surface area contributed by atoms with Crippen molar-refractivity contribution in [3.63, 3.8) is 0 Å². The molecule has 0 fully saturated rings. The number of aromatic nitrogens is 5. The number of carboxylic acids is 1. The van der Waals surface area contributed by atoms with Crippen LogP contribution in [-0.2, 0) is 25.9 Å². The molecular formula is C19H22N6O3. The molecule has 3 aromatic rings. The molecule has 0 aliphatic heterocycles. The second kappa shape index (κ2) is 7.51. The topological polar surface area (TPSA) is 110 Å². The fraction of sp³-hybridized carbons (Fsp3) is 0.421. The number of aromatic carboxylic acids is 1. The zero-order valence-corrected chi connectivity index (χ0v) is 15.9. The summed E-state index contributed by atoms with van der Waals surface area (Å²) >= 11 is 0. The molecule has 1 aliphatic carbocycles. The van der Waals surface area contributed by atoms with Gasteiger partial charge in [-0.15, -0.1) is 0 Å². The predicted molar refractivity (Wildman–Crippen MR) is 99.7 cm³/mol. The highest BCUT2D eigenvalue weighted by Crippen LogP contribution is 2.28. The Hall–Kier alpha value is -3.07. The third-order valence-corrected chi connectivity index (χ3v) is 5.22. The summed E-state index contributed by atoms with van der Waals surface area (Å²) in [5, 5.41) is 17.8. The summed E-state index contributed by atoms with van der Waals surface area (Å²) in [6.45, 7) is 3.15. The number of rotatable bonds is 6. The van der Waals surface area contributed by atoms with E-state index in [2.05, 4.69) is 25.1 Å². The number of fused-ring (bicyclic) bond motifs is 1. The third kappa shape index (κ3) is 3.40. The van der Waals surface area contributed by atoms with Crippen molar-refractivity contribution in [3.8, 4) is 11.4 Å². The van der Waals surface area contributed by atoms with Gasteiger partial charge in [0, 0.05) is 41.8 Å². The molecule has 0 radical (unpaired) electrons. The first-order chi connectivity index (χ1) is 13.6. The van der Waals surface area contributed by atoms with Crippen LogP contribution in [0.15, 0.2) is 29.0 Å². The van der Waals surface area contributed by atoms with Crippen molar-refractivity contribution >= 4 is 5.97 Å². The number of nitrogens with zero attached hydrogens (tertiary/aromatic N) is 6. The van der Waals surface area contributed by atoms with E-state index in [4.69, 9.17) is 4.52 Å². The minimum absolute atomic E-state index is 0.173. The number of hydrogen-bond donors (Lipinski definition) is 1. The summed E-state index contributed by atoms with van der Waals surface area (Å²) in [6.07, 6.45) is 5.78. The van der Waals surface area contributed by atoms with Gasteiger partial charge in [0.05, 0.1) is 6.54 Å². The van der Waals surface area contributed by atoms with E-state index >= 15 is 0 Å². The van der Waals surface area contributed by atoms with Crippen LogP contribution in [-0.4, -0.2) is 54.0 Å². The van der Waals surface area contributed by atoms with Gasteiger partial charge in [-0.05, 0) is 45.4 Å². The molecule has 3 aromatic heterocycles. The maximum absolute atomic E-state index is 11.6. The summed E-state index contributed by atoms with van der Waals surface area (Å²) in [6, 6.07) is 3.90. The SMILES string of the molecule is CCn1nc(C(=O)O)c2c1CC[C@H](N(C)Cc1nc(-c3cccnc3)no1)C2. The van der Waals surface area contributed by atoms with Gasteiger partial charge < -0.3 is 9.63 Å². The van der Waals surface area contributed by atoms with Gasteiger partial charge in [0.2, 0.25) is 11.7 Å². The van der Waals surface area contributed by atoms with Crippen molar-refractivity contribution in [2.75, 3.05) is 7.05 Å². The molecule has 0 spiro atoms. The highest BCUT2D eigenvalue weighted by atomic mass is 16.5. The van der Waals surface area contributed by atoms with Gasteiger partial charge in [0.25, 0.3) is 0 Å². The summed E-state index contributed by atoms with van der Waals surface area (Å²) in [5.74, 6) is 0.0689. The molecule has 1 N–H and O–H groups in total. The Morgan fingerprint density at radius 3 is 3.04 bits per heavy atom. The number of carbonyl (C=O) groups is 1. The molecule has 1 atom stereocenters. The number of aryl methyl sites for hydroxylation is 1. The Morgan fingerprint density at radius 2 is 2.32 bits per heavy atom. The number of likely N-dealkylation sites (N-methyl/N-ethyl adjacent to an activating group) is 1. The van der Waals surface area contributed by atoms with E-state index in [1.165, 1.54) is 0 Å². The van der Waals surface area contributed by atoms with Crippen LogP contribution in [0.3, 0.4) is 0 Å². The Kier molecular flexibility index (Phi) is 4.91. The highest BCUT2D eigenvalue weighted by molar-refractivity contribution is 5.87. The normalized spacial score (nSPS) is 16.3. The van der Waals surface area contributed by atoms with Crippen LogP contribution in [0.2, 0.25) is 0 Å². The van der Waals surface area contributed by atoms with Crippen molar-refractivity contribution in [2.24, 2.45) is 0 Å². The van der Waals surface area contributed by atoms with E-state index in [-0.39, 0.29) is 11.7 Å². The van der Waals surface area contributed by atoms with Gasteiger partial charge in [-0.25, -0.2) is 4.79 Å². The lowest BCUT2D eigenvalue weighted by Gasteiger charge is -2.30. The summed E-state index contributed by atoms with van der Waals surface area (Å²) in [4.78, 5) is 22.2. The fourth-order valence-corrected chi connectivity index (χ4v) is 3.75. The van der Waals surface area contributed by atoms with Gasteiger partial charge in [0.15, 0.2) is 5.69 Å². The third-order valence-electron chi connectivity index (χ3n) is 5.22. The summed E-state index contributed by atoms with van der Waals surface area (Å²) in [7, 11) is 1.99. The second-order valence-electron chi connectivity index (χ2n) is 6.96. The maximum Gasteiger partial charge on any atom is 0.356 e. The molecule has 4 rings (SSSR count). The quantitative estimate of drug-likeness (QED) is 0.689. The highest BCUT2D eigenvalue weighted by Gasteiger charge is 2.31. The predicted octanol–water partition coefficient (Wildman–Crippen LogP) is 2.04. The van der Waals surface area contributed by atoms with E-state index in [9.17, 15) is 9.90 Å². The Labute approximate surface area is 162 Å². The second-order valence-corrected chi connectivity index (χ2v) is 6.96. The largest absolute Gasteiger partial charge is 0.476 e. The van der Waals surface area contributed by atoms with Crippen molar-refractivity contribution in [2.45, 2.75) is 45.3 Å². The molecule has 0 aromatic carbocycles. The lowest BCUT2D eigenvalue weighted by Crippen LogP contribution is -2.36. The van der Waals surface area contributed by atoms with E-state index in [1.54, 1.807) is 12.4 Å². The standard InChI is InChI=1S/C19H22N6O3/c1-3-25-15-7-6-13(9-14(15)17(22-25)19(26)27)24(2)11-16-21-18(23-28-16)12-5-4-8-20-10-12/h4-5,8,10,13H,3,6-7,9,11H2,1-2H3,(H,26,27)/t13-/m0/s1. The zero-order valence-electron chi connectivity index (χ0n) is 15.9. The smallest absolute Gasteiger partial charge is 0.356 e. The van der Waals surface area contributed by atoms with Gasteiger partial charge in [-0.1, -0.05) is 5.16 Å². The molecule has 9 nitrogen and oxygen atoms in total. The van der Waals surface area contributed by atoms with Crippen molar-refractivity contribution in [1.29, 1.82) is 0 Å². The summed E-state index contributed by atoms with van der Waals surface area (Å²) in [5.41, 5.74) is 2.87. The lowest BCUT2D eigenvalue weighted by atomic mass is 9.90. The zero-order chi connectivity index (χ0) is 19.7. The average Bonchev–Trinajstić information content (AvgIpc) is 3.32. The monoisotopic (exact) mass is 382 g/mol. The van der Waals surface area contributed by atoms with Crippen molar-refractivity contribution in [1.82, 2.24) is 29.8 Å². The van der Waals surface area contributed by atoms with Crippen LogP contribution in [0.1, 0.15) is 41.0 Å². The Morgan fingerprint density at radius 1 is 1.46 bits per heavy atom. The van der Waals surface area contributed by atoms with Crippen LogP contribution < -0.4 is 0 Å². The molecule has 9 heteroatoms. The molecule has 0 unspecified atom stereocenters. The molecule has 0 saturated carbocycles. The molecule has 146 valence electrons. The molecule has 0 saturated heterocycles. The number of carboxylic acid groups (broad SMARTS) is 1. The van der Waals surface area contributed by atoms with Crippen LogP contribution >= 0.6 is 0 Å². The van der Waals surface area contributed by atoms with Crippen LogP contribution in [0.4, 0.5) is 0 Å².